The number of hydrogen-bond donors (Lipinski definition) is 1. The second-order valence-corrected chi connectivity index (χ2v) is 4.21. The normalized spacial score (nSPS) is 10.1. The Balaban J connectivity index is 1.85. The summed E-state index contributed by atoms with van der Waals surface area (Å²) in [5.74, 6) is 0. The van der Waals surface area contributed by atoms with Crippen LogP contribution in [-0.2, 0) is 0 Å². The molecule has 0 bridgehead atoms. The van der Waals surface area contributed by atoms with Crippen LogP contribution in [0.15, 0.2) is 60.7 Å². The molecule has 0 fully saturated rings. The van der Waals surface area contributed by atoms with E-state index in [1.54, 1.807) is 0 Å². The van der Waals surface area contributed by atoms with Crippen LogP contribution in [0.2, 0.25) is 0 Å². The van der Waals surface area contributed by atoms with E-state index < -0.39 is 0 Å². The van der Waals surface area contributed by atoms with Crippen molar-refractivity contribution >= 4 is 11.4 Å². The van der Waals surface area contributed by atoms with Crippen LogP contribution >= 0.6 is 0 Å². The molecule has 0 aliphatic heterocycles. The minimum Gasteiger partial charge on any atom is -0.383 e. The first-order valence-electron chi connectivity index (χ1n) is 6.49. The Hall–Kier alpha value is -1.96. The standard InChI is InChI=1S/C16H20N2/c1-2-18(16-11-7-4-8-12-16)14-13-17-15-9-5-3-6-10-15/h3-12,17H,2,13-14H2,1H3. The van der Waals surface area contributed by atoms with Crippen molar-refractivity contribution in [3.8, 4) is 0 Å². The summed E-state index contributed by atoms with van der Waals surface area (Å²) in [7, 11) is 0. The molecule has 0 aliphatic rings. The summed E-state index contributed by atoms with van der Waals surface area (Å²) in [5.41, 5.74) is 2.47. The fraction of sp³-hybridized carbons (Fsp3) is 0.250. The lowest BCUT2D eigenvalue weighted by Gasteiger charge is -2.23. The third-order valence-electron chi connectivity index (χ3n) is 2.99. The summed E-state index contributed by atoms with van der Waals surface area (Å²) in [5, 5.41) is 3.44. The van der Waals surface area contributed by atoms with Crippen molar-refractivity contribution in [1.82, 2.24) is 0 Å². The molecule has 94 valence electrons. The Morgan fingerprint density at radius 1 is 0.889 bits per heavy atom. The molecular formula is C16H20N2. The van der Waals surface area contributed by atoms with Gasteiger partial charge in [-0.2, -0.15) is 0 Å². The molecule has 0 saturated heterocycles. The molecule has 0 aromatic heterocycles. The van der Waals surface area contributed by atoms with Crippen LogP contribution < -0.4 is 10.2 Å². The summed E-state index contributed by atoms with van der Waals surface area (Å²) in [4.78, 5) is 2.37. The summed E-state index contributed by atoms with van der Waals surface area (Å²) in [6.07, 6.45) is 0. The van der Waals surface area contributed by atoms with Crippen LogP contribution in [0.5, 0.6) is 0 Å². The third kappa shape index (κ3) is 3.52. The quantitative estimate of drug-likeness (QED) is 0.829. The van der Waals surface area contributed by atoms with Gasteiger partial charge in [0, 0.05) is 31.0 Å². The lowest BCUT2D eigenvalue weighted by molar-refractivity contribution is 0.835. The molecule has 2 aromatic rings. The van der Waals surface area contributed by atoms with Crippen molar-refractivity contribution in [2.24, 2.45) is 0 Å². The molecule has 0 radical (unpaired) electrons. The number of benzene rings is 2. The summed E-state index contributed by atoms with van der Waals surface area (Å²) in [6.45, 7) is 5.18. The van der Waals surface area contributed by atoms with Crippen molar-refractivity contribution < 1.29 is 0 Å². The topological polar surface area (TPSA) is 15.3 Å². The van der Waals surface area contributed by atoms with Crippen molar-refractivity contribution in [1.29, 1.82) is 0 Å². The van der Waals surface area contributed by atoms with Crippen LogP contribution in [0, 0.1) is 0 Å². The second kappa shape index (κ2) is 6.70. The highest BCUT2D eigenvalue weighted by Gasteiger charge is 2.02. The molecule has 2 nitrogen and oxygen atoms in total. The van der Waals surface area contributed by atoms with E-state index in [0.717, 1.165) is 19.6 Å². The van der Waals surface area contributed by atoms with Gasteiger partial charge in [0.25, 0.3) is 0 Å². The first-order valence-corrected chi connectivity index (χ1v) is 6.49. The Morgan fingerprint density at radius 2 is 1.50 bits per heavy atom. The van der Waals surface area contributed by atoms with Gasteiger partial charge in [0.2, 0.25) is 0 Å². The Bertz CT molecular complexity index is 439. The van der Waals surface area contributed by atoms with Gasteiger partial charge >= 0.3 is 0 Å². The van der Waals surface area contributed by atoms with E-state index in [-0.39, 0.29) is 0 Å². The number of rotatable bonds is 6. The second-order valence-electron chi connectivity index (χ2n) is 4.21. The number of likely N-dealkylation sites (N-methyl/N-ethyl adjacent to an activating group) is 1. The van der Waals surface area contributed by atoms with E-state index in [1.807, 2.05) is 6.07 Å². The predicted octanol–water partition coefficient (Wildman–Crippen LogP) is 3.63. The van der Waals surface area contributed by atoms with Gasteiger partial charge in [-0.3, -0.25) is 0 Å². The van der Waals surface area contributed by atoms with Crippen molar-refractivity contribution in [3.05, 3.63) is 60.7 Å². The minimum absolute atomic E-state index is 0.951. The molecule has 18 heavy (non-hydrogen) atoms. The largest absolute Gasteiger partial charge is 0.383 e. The van der Waals surface area contributed by atoms with E-state index in [0.29, 0.717) is 0 Å². The lowest BCUT2D eigenvalue weighted by atomic mass is 10.3. The molecule has 0 unspecified atom stereocenters. The molecule has 0 aliphatic carbocycles. The fourth-order valence-electron chi connectivity index (χ4n) is 2.00. The molecule has 0 saturated carbocycles. The van der Waals surface area contributed by atoms with Gasteiger partial charge in [-0.05, 0) is 31.2 Å². The summed E-state index contributed by atoms with van der Waals surface area (Å²) >= 11 is 0. The van der Waals surface area contributed by atoms with Crippen molar-refractivity contribution in [2.75, 3.05) is 29.9 Å². The number of hydrogen-bond acceptors (Lipinski definition) is 2. The zero-order valence-electron chi connectivity index (χ0n) is 10.8. The Morgan fingerprint density at radius 3 is 2.11 bits per heavy atom. The maximum absolute atomic E-state index is 3.44. The van der Waals surface area contributed by atoms with Gasteiger partial charge in [-0.1, -0.05) is 36.4 Å². The molecule has 1 N–H and O–H groups in total. The first-order chi connectivity index (χ1) is 8.90. The van der Waals surface area contributed by atoms with Crippen molar-refractivity contribution in [3.63, 3.8) is 0 Å². The molecular weight excluding hydrogens is 220 g/mol. The summed E-state index contributed by atoms with van der Waals surface area (Å²) in [6, 6.07) is 20.9. The maximum atomic E-state index is 3.44. The smallest absolute Gasteiger partial charge is 0.0366 e. The van der Waals surface area contributed by atoms with Crippen molar-refractivity contribution in [2.45, 2.75) is 6.92 Å². The third-order valence-corrected chi connectivity index (χ3v) is 2.99. The van der Waals surface area contributed by atoms with Crippen LogP contribution in [0.1, 0.15) is 6.92 Å². The number of para-hydroxylation sites is 2. The molecule has 2 aromatic carbocycles. The SMILES string of the molecule is CCN(CCNc1ccccc1)c1ccccc1. The van der Waals surface area contributed by atoms with Gasteiger partial charge in [0.1, 0.15) is 0 Å². The number of nitrogens with zero attached hydrogens (tertiary/aromatic N) is 1. The van der Waals surface area contributed by atoms with Crippen LogP contribution in [-0.4, -0.2) is 19.6 Å². The zero-order chi connectivity index (χ0) is 12.6. The number of nitrogens with one attached hydrogen (secondary N) is 1. The van der Waals surface area contributed by atoms with E-state index in [9.17, 15) is 0 Å². The monoisotopic (exact) mass is 240 g/mol. The molecule has 2 rings (SSSR count). The average molecular weight is 240 g/mol. The highest BCUT2D eigenvalue weighted by atomic mass is 15.1. The number of anilines is 2. The minimum atomic E-state index is 0.951. The van der Waals surface area contributed by atoms with Crippen LogP contribution in [0.3, 0.4) is 0 Å². The Labute approximate surface area is 109 Å². The molecule has 2 heteroatoms. The van der Waals surface area contributed by atoms with E-state index in [2.05, 4.69) is 71.7 Å². The highest BCUT2D eigenvalue weighted by molar-refractivity contribution is 5.47. The summed E-state index contributed by atoms with van der Waals surface area (Å²) < 4.78 is 0. The van der Waals surface area contributed by atoms with E-state index in [1.165, 1.54) is 11.4 Å². The van der Waals surface area contributed by atoms with Gasteiger partial charge < -0.3 is 10.2 Å². The molecule has 0 amide bonds. The van der Waals surface area contributed by atoms with E-state index >= 15 is 0 Å². The lowest BCUT2D eigenvalue weighted by Crippen LogP contribution is -2.28. The maximum Gasteiger partial charge on any atom is 0.0366 e. The van der Waals surface area contributed by atoms with Gasteiger partial charge in [-0.25, -0.2) is 0 Å². The van der Waals surface area contributed by atoms with E-state index in [4.69, 9.17) is 0 Å². The Kier molecular flexibility index (Phi) is 4.65. The average Bonchev–Trinajstić information content (AvgIpc) is 2.46. The van der Waals surface area contributed by atoms with Gasteiger partial charge in [0.15, 0.2) is 0 Å². The molecule has 0 heterocycles. The zero-order valence-corrected chi connectivity index (χ0v) is 10.8. The van der Waals surface area contributed by atoms with Crippen LogP contribution in [0.25, 0.3) is 0 Å². The molecule has 0 atom stereocenters. The fourth-order valence-corrected chi connectivity index (χ4v) is 2.00. The first kappa shape index (κ1) is 12.5. The van der Waals surface area contributed by atoms with Gasteiger partial charge in [0.05, 0.1) is 0 Å². The van der Waals surface area contributed by atoms with Crippen LogP contribution in [0.4, 0.5) is 11.4 Å². The molecule has 0 spiro atoms. The predicted molar refractivity (Wildman–Crippen MR) is 79.3 cm³/mol. The highest BCUT2D eigenvalue weighted by Crippen LogP contribution is 2.12. The van der Waals surface area contributed by atoms with Gasteiger partial charge in [-0.15, -0.1) is 0 Å².